The van der Waals surface area contributed by atoms with Gasteiger partial charge in [0.05, 0.1) is 25.2 Å². The third-order valence-corrected chi connectivity index (χ3v) is 2.70. The third kappa shape index (κ3) is 4.20. The molecule has 0 amide bonds. The minimum absolute atomic E-state index is 0.481. The molecule has 0 aliphatic rings. The summed E-state index contributed by atoms with van der Waals surface area (Å²) in [6.07, 6.45) is 4.46. The van der Waals surface area contributed by atoms with Gasteiger partial charge in [0.1, 0.15) is 11.5 Å². The van der Waals surface area contributed by atoms with E-state index in [-0.39, 0.29) is 0 Å². The number of methoxy groups -OCH3 is 1. The van der Waals surface area contributed by atoms with Crippen LogP contribution in [0.5, 0.6) is 17.4 Å². The standard InChI is InChI=1S/C15H19N3O2/c1-3-8-16-9-12-10-18-15(11-17-12)20-14-6-4-13(19-2)5-7-14/h4-7,10-11,16H,3,8-9H2,1-2H3. The lowest BCUT2D eigenvalue weighted by atomic mass is 10.3. The Balaban J connectivity index is 1.92. The molecule has 0 aliphatic carbocycles. The van der Waals surface area contributed by atoms with Gasteiger partial charge in [0, 0.05) is 6.54 Å². The average Bonchev–Trinajstić information content (AvgIpc) is 2.50. The molecule has 0 fully saturated rings. The molecule has 5 nitrogen and oxygen atoms in total. The summed E-state index contributed by atoms with van der Waals surface area (Å²) in [5, 5.41) is 3.28. The van der Waals surface area contributed by atoms with E-state index in [0.29, 0.717) is 11.6 Å². The van der Waals surface area contributed by atoms with Gasteiger partial charge in [-0.25, -0.2) is 4.98 Å². The normalized spacial score (nSPS) is 10.3. The van der Waals surface area contributed by atoms with Crippen molar-refractivity contribution in [2.24, 2.45) is 0 Å². The summed E-state index contributed by atoms with van der Waals surface area (Å²) in [7, 11) is 1.63. The molecule has 1 aromatic heterocycles. The minimum atomic E-state index is 0.481. The van der Waals surface area contributed by atoms with Crippen molar-refractivity contribution in [3.8, 4) is 17.4 Å². The molecule has 0 spiro atoms. The number of ether oxygens (including phenoxy) is 2. The van der Waals surface area contributed by atoms with Gasteiger partial charge in [-0.1, -0.05) is 6.92 Å². The second kappa shape index (κ2) is 7.45. The molecule has 1 aromatic carbocycles. The number of nitrogens with zero attached hydrogens (tertiary/aromatic N) is 2. The van der Waals surface area contributed by atoms with Crippen LogP contribution in [0.3, 0.4) is 0 Å². The summed E-state index contributed by atoms with van der Waals surface area (Å²) in [6, 6.07) is 7.34. The van der Waals surface area contributed by atoms with E-state index >= 15 is 0 Å². The molecule has 2 rings (SSSR count). The number of rotatable bonds is 7. The van der Waals surface area contributed by atoms with Gasteiger partial charge >= 0.3 is 0 Å². The van der Waals surface area contributed by atoms with Gasteiger partial charge in [0.2, 0.25) is 5.88 Å². The maximum atomic E-state index is 5.61. The second-order valence-electron chi connectivity index (χ2n) is 4.30. The molecule has 5 heteroatoms. The van der Waals surface area contributed by atoms with E-state index in [9.17, 15) is 0 Å². The van der Waals surface area contributed by atoms with Crippen molar-refractivity contribution in [1.82, 2.24) is 15.3 Å². The summed E-state index contributed by atoms with van der Waals surface area (Å²) in [4.78, 5) is 8.55. The Kier molecular flexibility index (Phi) is 5.32. The first kappa shape index (κ1) is 14.3. The molecule has 0 bridgehead atoms. The van der Waals surface area contributed by atoms with Crippen molar-refractivity contribution in [1.29, 1.82) is 0 Å². The van der Waals surface area contributed by atoms with Crippen LogP contribution in [0, 0.1) is 0 Å². The highest BCUT2D eigenvalue weighted by molar-refractivity contribution is 5.33. The van der Waals surface area contributed by atoms with Crippen molar-refractivity contribution in [2.45, 2.75) is 19.9 Å². The maximum Gasteiger partial charge on any atom is 0.237 e. The lowest BCUT2D eigenvalue weighted by molar-refractivity contribution is 0.412. The van der Waals surface area contributed by atoms with Gasteiger partial charge in [0.15, 0.2) is 0 Å². The van der Waals surface area contributed by atoms with Gasteiger partial charge in [-0.05, 0) is 37.2 Å². The first-order chi connectivity index (χ1) is 9.81. The highest BCUT2D eigenvalue weighted by Gasteiger charge is 2.01. The van der Waals surface area contributed by atoms with Crippen molar-refractivity contribution in [2.75, 3.05) is 13.7 Å². The van der Waals surface area contributed by atoms with Crippen LogP contribution in [0.1, 0.15) is 19.0 Å². The van der Waals surface area contributed by atoms with Crippen molar-refractivity contribution in [3.05, 3.63) is 42.4 Å². The number of benzene rings is 1. The first-order valence-electron chi connectivity index (χ1n) is 6.65. The number of aromatic nitrogens is 2. The fraction of sp³-hybridized carbons (Fsp3) is 0.333. The van der Waals surface area contributed by atoms with Gasteiger partial charge in [-0.3, -0.25) is 4.98 Å². The van der Waals surface area contributed by atoms with Crippen LogP contribution in [0.4, 0.5) is 0 Å². The summed E-state index contributed by atoms with van der Waals surface area (Å²) in [5.41, 5.74) is 0.903. The Morgan fingerprint density at radius 3 is 2.40 bits per heavy atom. The minimum Gasteiger partial charge on any atom is -0.497 e. The molecule has 0 unspecified atom stereocenters. The van der Waals surface area contributed by atoms with Crippen molar-refractivity contribution < 1.29 is 9.47 Å². The van der Waals surface area contributed by atoms with Crippen molar-refractivity contribution in [3.63, 3.8) is 0 Å². The zero-order valence-electron chi connectivity index (χ0n) is 11.8. The molecule has 106 valence electrons. The van der Waals surface area contributed by atoms with Crippen molar-refractivity contribution >= 4 is 0 Å². The summed E-state index contributed by atoms with van der Waals surface area (Å²) >= 11 is 0. The lowest BCUT2D eigenvalue weighted by Gasteiger charge is -2.06. The van der Waals surface area contributed by atoms with Crippen LogP contribution in [-0.4, -0.2) is 23.6 Å². The summed E-state index contributed by atoms with van der Waals surface area (Å²) in [5.74, 6) is 1.98. The monoisotopic (exact) mass is 273 g/mol. The average molecular weight is 273 g/mol. The SMILES string of the molecule is CCCNCc1cnc(Oc2ccc(OC)cc2)cn1. The van der Waals surface area contributed by atoms with Crippen LogP contribution in [0.15, 0.2) is 36.7 Å². The van der Waals surface area contributed by atoms with Crippen LogP contribution < -0.4 is 14.8 Å². The Bertz CT molecular complexity index is 512. The Morgan fingerprint density at radius 1 is 1.05 bits per heavy atom. The smallest absolute Gasteiger partial charge is 0.237 e. The largest absolute Gasteiger partial charge is 0.497 e. The molecular formula is C15H19N3O2. The van der Waals surface area contributed by atoms with Crippen LogP contribution >= 0.6 is 0 Å². The molecular weight excluding hydrogens is 254 g/mol. The first-order valence-corrected chi connectivity index (χ1v) is 6.65. The zero-order valence-corrected chi connectivity index (χ0v) is 11.8. The Hall–Kier alpha value is -2.14. The number of hydrogen-bond acceptors (Lipinski definition) is 5. The molecule has 0 radical (unpaired) electrons. The molecule has 0 saturated heterocycles. The van der Waals surface area contributed by atoms with E-state index in [1.54, 1.807) is 19.5 Å². The molecule has 0 aliphatic heterocycles. The van der Waals surface area contributed by atoms with E-state index in [1.165, 1.54) is 0 Å². The predicted molar refractivity (Wildman–Crippen MR) is 77.1 cm³/mol. The van der Waals surface area contributed by atoms with Gasteiger partial charge < -0.3 is 14.8 Å². The van der Waals surface area contributed by atoms with E-state index in [2.05, 4.69) is 22.2 Å². The van der Waals surface area contributed by atoms with Crippen LogP contribution in [-0.2, 0) is 6.54 Å². The van der Waals surface area contributed by atoms with E-state index in [1.807, 2.05) is 24.3 Å². The molecule has 1 N–H and O–H groups in total. The zero-order chi connectivity index (χ0) is 14.2. The van der Waals surface area contributed by atoms with E-state index in [0.717, 1.165) is 31.0 Å². The topological polar surface area (TPSA) is 56.3 Å². The Labute approximate surface area is 119 Å². The molecule has 0 saturated carbocycles. The molecule has 20 heavy (non-hydrogen) atoms. The molecule has 0 atom stereocenters. The highest BCUT2D eigenvalue weighted by Crippen LogP contribution is 2.21. The highest BCUT2D eigenvalue weighted by atomic mass is 16.5. The quantitative estimate of drug-likeness (QED) is 0.786. The molecule has 1 heterocycles. The number of hydrogen-bond donors (Lipinski definition) is 1. The third-order valence-electron chi connectivity index (χ3n) is 2.70. The lowest BCUT2D eigenvalue weighted by Crippen LogP contribution is -2.14. The fourth-order valence-corrected chi connectivity index (χ4v) is 1.64. The maximum absolute atomic E-state index is 5.61. The second-order valence-corrected chi connectivity index (χ2v) is 4.30. The van der Waals surface area contributed by atoms with E-state index in [4.69, 9.17) is 9.47 Å². The van der Waals surface area contributed by atoms with Gasteiger partial charge in [0.25, 0.3) is 0 Å². The Morgan fingerprint density at radius 2 is 1.80 bits per heavy atom. The van der Waals surface area contributed by atoms with Crippen LogP contribution in [0.2, 0.25) is 0 Å². The van der Waals surface area contributed by atoms with Gasteiger partial charge in [-0.15, -0.1) is 0 Å². The fourth-order valence-electron chi connectivity index (χ4n) is 1.64. The van der Waals surface area contributed by atoms with Crippen LogP contribution in [0.25, 0.3) is 0 Å². The van der Waals surface area contributed by atoms with E-state index < -0.39 is 0 Å². The predicted octanol–water partition coefficient (Wildman–Crippen LogP) is 2.78. The summed E-state index contributed by atoms with van der Waals surface area (Å²) in [6.45, 7) is 3.83. The summed E-state index contributed by atoms with van der Waals surface area (Å²) < 4.78 is 10.7. The van der Waals surface area contributed by atoms with Gasteiger partial charge in [-0.2, -0.15) is 0 Å². The number of nitrogens with one attached hydrogen (secondary N) is 1. The molecule has 2 aromatic rings.